The zero-order chi connectivity index (χ0) is 23.2. The van der Waals surface area contributed by atoms with Crippen LogP contribution < -0.4 is 10.9 Å². The van der Waals surface area contributed by atoms with E-state index in [1.807, 2.05) is 72.6 Å². The third-order valence-corrected chi connectivity index (χ3v) is 5.94. The van der Waals surface area contributed by atoms with Crippen LogP contribution in [0.15, 0.2) is 83.8 Å². The van der Waals surface area contributed by atoms with E-state index in [0.717, 1.165) is 24.2 Å². The third-order valence-electron chi connectivity index (χ3n) is 5.94. The summed E-state index contributed by atoms with van der Waals surface area (Å²) in [6, 6.07) is 22.3. The zero-order valence-electron chi connectivity index (χ0n) is 18.7. The van der Waals surface area contributed by atoms with Gasteiger partial charge in [-0.15, -0.1) is 0 Å². The van der Waals surface area contributed by atoms with E-state index in [1.54, 1.807) is 0 Å². The molecule has 4 rings (SSSR count). The predicted octanol–water partition coefficient (Wildman–Crippen LogP) is 2.29. The van der Waals surface area contributed by atoms with E-state index in [0.29, 0.717) is 18.7 Å². The van der Waals surface area contributed by atoms with Crippen molar-refractivity contribution in [2.75, 3.05) is 26.7 Å². The van der Waals surface area contributed by atoms with Crippen molar-refractivity contribution < 1.29 is 9.59 Å². The second kappa shape index (κ2) is 10.3. The van der Waals surface area contributed by atoms with Crippen LogP contribution in [0.3, 0.4) is 0 Å². The van der Waals surface area contributed by atoms with Gasteiger partial charge in [0.05, 0.1) is 11.6 Å². The monoisotopic (exact) mass is 444 g/mol. The van der Waals surface area contributed by atoms with Gasteiger partial charge in [-0.25, -0.2) is 0 Å². The molecule has 0 spiro atoms. The number of pyridine rings is 1. The second-order valence-electron chi connectivity index (χ2n) is 8.33. The largest absolute Gasteiger partial charge is 0.348 e. The fraction of sp³-hybridized carbons (Fsp3) is 0.269. The Hall–Kier alpha value is -3.71. The lowest BCUT2D eigenvalue weighted by molar-refractivity contribution is -0.136. The van der Waals surface area contributed by atoms with Gasteiger partial charge in [0.25, 0.3) is 11.5 Å². The lowest BCUT2D eigenvalue weighted by Crippen LogP contribution is -2.50. The van der Waals surface area contributed by atoms with Crippen LogP contribution in [0.25, 0.3) is 0 Å². The van der Waals surface area contributed by atoms with Crippen molar-refractivity contribution in [3.8, 4) is 0 Å². The number of benzene rings is 2. The van der Waals surface area contributed by atoms with Gasteiger partial charge in [0.15, 0.2) is 0 Å². The molecule has 33 heavy (non-hydrogen) atoms. The highest BCUT2D eigenvalue weighted by Gasteiger charge is 2.30. The average molecular weight is 445 g/mol. The van der Waals surface area contributed by atoms with Crippen LogP contribution in [-0.2, 0) is 17.9 Å². The molecule has 0 aliphatic carbocycles. The van der Waals surface area contributed by atoms with Crippen LogP contribution in [0.2, 0.25) is 0 Å². The van der Waals surface area contributed by atoms with Crippen molar-refractivity contribution in [3.63, 3.8) is 0 Å². The first-order chi connectivity index (χ1) is 16.0. The summed E-state index contributed by atoms with van der Waals surface area (Å²) in [6.07, 6.45) is 1.47. The number of nitrogens with one attached hydrogen (secondary N) is 1. The Morgan fingerprint density at radius 3 is 2.36 bits per heavy atom. The molecule has 1 N–H and O–H groups in total. The number of aromatic nitrogens is 1. The normalized spacial score (nSPS) is 16.4. The maximum Gasteiger partial charge on any atom is 0.253 e. The summed E-state index contributed by atoms with van der Waals surface area (Å²) >= 11 is 0. The summed E-state index contributed by atoms with van der Waals surface area (Å²) in [6.45, 7) is 2.36. The first-order valence-corrected chi connectivity index (χ1v) is 11.1. The molecular weight excluding hydrogens is 416 g/mol. The quantitative estimate of drug-likeness (QED) is 0.633. The summed E-state index contributed by atoms with van der Waals surface area (Å²) in [5.41, 5.74) is 2.08. The lowest BCUT2D eigenvalue weighted by atomic mass is 10.0. The maximum atomic E-state index is 13.2. The van der Waals surface area contributed by atoms with Crippen molar-refractivity contribution in [3.05, 3.63) is 106 Å². The van der Waals surface area contributed by atoms with Gasteiger partial charge in [-0.05, 0) is 24.2 Å². The van der Waals surface area contributed by atoms with Crippen LogP contribution in [0, 0.1) is 0 Å². The summed E-state index contributed by atoms with van der Waals surface area (Å²) in [5.74, 6) is -0.428. The molecule has 0 saturated carbocycles. The lowest BCUT2D eigenvalue weighted by Gasteiger charge is -2.40. The molecule has 0 bridgehead atoms. The number of nitrogens with zero attached hydrogens (tertiary/aromatic N) is 3. The summed E-state index contributed by atoms with van der Waals surface area (Å²) < 4.78 is 1.32. The van der Waals surface area contributed by atoms with Gasteiger partial charge in [0.2, 0.25) is 5.91 Å². The molecule has 0 unspecified atom stereocenters. The van der Waals surface area contributed by atoms with E-state index in [9.17, 15) is 14.4 Å². The molecule has 7 nitrogen and oxygen atoms in total. The number of likely N-dealkylation sites (N-methyl/N-ethyl adjacent to an activating group) is 1. The molecule has 1 aromatic heterocycles. The van der Waals surface area contributed by atoms with Crippen LogP contribution in [0.1, 0.15) is 27.5 Å². The van der Waals surface area contributed by atoms with E-state index in [-0.39, 0.29) is 30.0 Å². The summed E-state index contributed by atoms with van der Waals surface area (Å²) in [7, 11) is 2.04. The Morgan fingerprint density at radius 1 is 0.939 bits per heavy atom. The SMILES string of the molecule is CN1CCN(C(=O)Cn2cc(C(=O)NCc3ccccc3)ccc2=O)[C@@H](c2ccccc2)C1. The molecule has 3 aromatic rings. The van der Waals surface area contributed by atoms with Gasteiger partial charge < -0.3 is 19.7 Å². The smallest absolute Gasteiger partial charge is 0.253 e. The Kier molecular flexibility index (Phi) is 7.00. The highest BCUT2D eigenvalue weighted by molar-refractivity contribution is 5.93. The molecule has 2 aromatic carbocycles. The first kappa shape index (κ1) is 22.5. The van der Waals surface area contributed by atoms with Gasteiger partial charge in [0.1, 0.15) is 6.54 Å². The van der Waals surface area contributed by atoms with Gasteiger partial charge in [-0.2, -0.15) is 0 Å². The average Bonchev–Trinajstić information content (AvgIpc) is 2.85. The second-order valence-corrected chi connectivity index (χ2v) is 8.33. The third kappa shape index (κ3) is 5.56. The van der Waals surface area contributed by atoms with Crippen LogP contribution >= 0.6 is 0 Å². The molecule has 2 amide bonds. The number of piperazine rings is 1. The molecule has 170 valence electrons. The van der Waals surface area contributed by atoms with E-state index < -0.39 is 0 Å². The zero-order valence-corrected chi connectivity index (χ0v) is 18.7. The minimum absolute atomic E-state index is 0.0782. The van der Waals surface area contributed by atoms with E-state index in [1.165, 1.54) is 22.9 Å². The number of carbonyl (C=O) groups excluding carboxylic acids is 2. The van der Waals surface area contributed by atoms with Gasteiger partial charge in [0, 0.05) is 38.4 Å². The van der Waals surface area contributed by atoms with Crippen LogP contribution in [0.4, 0.5) is 0 Å². The standard InChI is InChI=1S/C26H28N4O3/c1-28-14-15-30(23(18-28)21-10-6-3-7-11-21)25(32)19-29-17-22(12-13-24(29)31)26(33)27-16-20-8-4-2-5-9-20/h2-13,17,23H,14-16,18-19H2,1H3,(H,27,33)/t23-/m1/s1. The van der Waals surface area contributed by atoms with Crippen LogP contribution in [-0.4, -0.2) is 52.9 Å². The Balaban J connectivity index is 1.48. The van der Waals surface area contributed by atoms with Crippen molar-refractivity contribution in [2.45, 2.75) is 19.1 Å². The molecule has 1 aliphatic heterocycles. The van der Waals surface area contributed by atoms with E-state index in [4.69, 9.17) is 0 Å². The van der Waals surface area contributed by atoms with Crippen molar-refractivity contribution >= 4 is 11.8 Å². The highest BCUT2D eigenvalue weighted by atomic mass is 16.2. The van der Waals surface area contributed by atoms with Crippen LogP contribution in [0.5, 0.6) is 0 Å². The molecule has 1 fully saturated rings. The van der Waals surface area contributed by atoms with E-state index >= 15 is 0 Å². The topological polar surface area (TPSA) is 74.7 Å². The number of carbonyl (C=O) groups is 2. The molecule has 1 saturated heterocycles. The first-order valence-electron chi connectivity index (χ1n) is 11.1. The van der Waals surface area contributed by atoms with Gasteiger partial charge in [-0.3, -0.25) is 14.4 Å². The van der Waals surface area contributed by atoms with Crippen molar-refractivity contribution in [2.24, 2.45) is 0 Å². The molecular formula is C26H28N4O3. The Bertz CT molecular complexity index is 1160. The van der Waals surface area contributed by atoms with Crippen molar-refractivity contribution in [1.29, 1.82) is 0 Å². The molecule has 1 atom stereocenters. The van der Waals surface area contributed by atoms with Crippen molar-refractivity contribution in [1.82, 2.24) is 19.7 Å². The molecule has 1 aliphatic rings. The molecule has 7 heteroatoms. The fourth-order valence-electron chi connectivity index (χ4n) is 4.08. The van der Waals surface area contributed by atoms with E-state index in [2.05, 4.69) is 10.2 Å². The predicted molar refractivity (Wildman–Crippen MR) is 127 cm³/mol. The summed E-state index contributed by atoms with van der Waals surface area (Å²) in [4.78, 5) is 42.3. The number of rotatable bonds is 6. The maximum absolute atomic E-state index is 13.2. The highest BCUT2D eigenvalue weighted by Crippen LogP contribution is 2.25. The Morgan fingerprint density at radius 2 is 1.64 bits per heavy atom. The molecule has 2 heterocycles. The molecule has 0 radical (unpaired) electrons. The number of hydrogen-bond acceptors (Lipinski definition) is 4. The number of hydrogen-bond donors (Lipinski definition) is 1. The van der Waals surface area contributed by atoms with Gasteiger partial charge in [-0.1, -0.05) is 60.7 Å². The summed E-state index contributed by atoms with van der Waals surface area (Å²) in [5, 5.41) is 2.86. The minimum Gasteiger partial charge on any atom is -0.348 e. The minimum atomic E-state index is -0.312. The van der Waals surface area contributed by atoms with Gasteiger partial charge >= 0.3 is 0 Å². The fourth-order valence-corrected chi connectivity index (χ4v) is 4.08. The number of amides is 2. The Labute approximate surface area is 193 Å².